The molecule has 0 amide bonds. The zero-order valence-electron chi connectivity index (χ0n) is 12.3. The van der Waals surface area contributed by atoms with E-state index in [1.807, 2.05) is 11.8 Å². The lowest BCUT2D eigenvalue weighted by Crippen LogP contribution is -2.37. The van der Waals surface area contributed by atoms with Crippen LogP contribution in [0.4, 0.5) is 17.3 Å². The highest BCUT2D eigenvalue weighted by atomic mass is 16.6. The molecule has 1 unspecified atom stereocenters. The normalized spacial score (nSPS) is 18.6. The van der Waals surface area contributed by atoms with Crippen molar-refractivity contribution in [3.05, 3.63) is 22.2 Å². The maximum absolute atomic E-state index is 11.1. The first-order valence-corrected chi connectivity index (χ1v) is 7.40. The fraction of sp³-hybridized carbons (Fsp3) is 0.643. The van der Waals surface area contributed by atoms with Gasteiger partial charge in [-0.25, -0.2) is 4.98 Å². The molecule has 1 aliphatic rings. The van der Waals surface area contributed by atoms with Gasteiger partial charge in [0.25, 0.3) is 5.69 Å². The number of hydrogen-bond donors (Lipinski definition) is 2. The highest BCUT2D eigenvalue weighted by Crippen LogP contribution is 2.27. The molecule has 1 atom stereocenters. The third kappa shape index (κ3) is 4.04. The van der Waals surface area contributed by atoms with Gasteiger partial charge in [-0.2, -0.15) is 0 Å². The summed E-state index contributed by atoms with van der Waals surface area (Å²) in [7, 11) is 0. The van der Waals surface area contributed by atoms with Crippen LogP contribution in [0.1, 0.15) is 26.2 Å². The molecule has 0 saturated carbocycles. The maximum Gasteiger partial charge on any atom is 0.276 e. The van der Waals surface area contributed by atoms with Gasteiger partial charge in [-0.3, -0.25) is 10.1 Å². The van der Waals surface area contributed by atoms with E-state index in [9.17, 15) is 15.2 Å². The first-order valence-electron chi connectivity index (χ1n) is 7.40. The van der Waals surface area contributed by atoms with Crippen LogP contribution < -0.4 is 10.2 Å². The van der Waals surface area contributed by atoms with Crippen molar-refractivity contribution in [2.24, 2.45) is 5.92 Å². The number of nitro groups is 1. The van der Waals surface area contributed by atoms with Crippen LogP contribution in [0.25, 0.3) is 0 Å². The molecule has 1 aliphatic heterocycles. The number of anilines is 2. The van der Waals surface area contributed by atoms with E-state index < -0.39 is 4.92 Å². The van der Waals surface area contributed by atoms with Gasteiger partial charge in [0.15, 0.2) is 0 Å². The lowest BCUT2D eigenvalue weighted by Gasteiger charge is -2.32. The van der Waals surface area contributed by atoms with Gasteiger partial charge in [0.1, 0.15) is 11.6 Å². The topological polar surface area (TPSA) is 91.5 Å². The molecule has 116 valence electrons. The monoisotopic (exact) mass is 294 g/mol. The number of aliphatic hydroxyl groups excluding tert-OH is 1. The van der Waals surface area contributed by atoms with Crippen molar-refractivity contribution in [1.29, 1.82) is 0 Å². The third-order valence-electron chi connectivity index (χ3n) is 3.66. The number of pyridine rings is 1. The van der Waals surface area contributed by atoms with Gasteiger partial charge in [-0.05, 0) is 25.2 Å². The Bertz CT molecular complexity index is 495. The molecule has 0 aliphatic carbocycles. The molecule has 2 heterocycles. The summed E-state index contributed by atoms with van der Waals surface area (Å²) >= 11 is 0. The minimum absolute atomic E-state index is 0.0460. The van der Waals surface area contributed by atoms with Gasteiger partial charge in [-0.1, -0.05) is 6.92 Å². The molecule has 21 heavy (non-hydrogen) atoms. The van der Waals surface area contributed by atoms with Gasteiger partial charge < -0.3 is 15.3 Å². The van der Waals surface area contributed by atoms with E-state index in [2.05, 4.69) is 10.3 Å². The molecule has 7 heteroatoms. The third-order valence-corrected chi connectivity index (χ3v) is 3.66. The van der Waals surface area contributed by atoms with Crippen LogP contribution in [-0.2, 0) is 0 Å². The number of nitrogens with one attached hydrogen (secondary N) is 1. The summed E-state index contributed by atoms with van der Waals surface area (Å²) in [5, 5.41) is 23.5. The van der Waals surface area contributed by atoms with Crippen molar-refractivity contribution in [3.8, 4) is 0 Å². The predicted molar refractivity (Wildman–Crippen MR) is 81.7 cm³/mol. The van der Waals surface area contributed by atoms with Crippen molar-refractivity contribution in [1.82, 2.24) is 4.98 Å². The summed E-state index contributed by atoms with van der Waals surface area (Å²) in [6.45, 7) is 4.41. The Morgan fingerprint density at radius 3 is 3.05 bits per heavy atom. The molecule has 1 aromatic heterocycles. The lowest BCUT2D eigenvalue weighted by molar-refractivity contribution is -0.384. The average Bonchev–Trinajstić information content (AvgIpc) is 2.52. The van der Waals surface area contributed by atoms with E-state index in [4.69, 9.17) is 0 Å². The van der Waals surface area contributed by atoms with Crippen molar-refractivity contribution in [3.63, 3.8) is 0 Å². The average molecular weight is 294 g/mol. The van der Waals surface area contributed by atoms with Crippen molar-refractivity contribution in [2.45, 2.75) is 26.2 Å². The second-order valence-electron chi connectivity index (χ2n) is 5.39. The van der Waals surface area contributed by atoms with Crippen molar-refractivity contribution < 1.29 is 10.0 Å². The molecule has 0 radical (unpaired) electrons. The van der Waals surface area contributed by atoms with Crippen LogP contribution in [0.5, 0.6) is 0 Å². The highest BCUT2D eigenvalue weighted by Gasteiger charge is 2.22. The number of piperidine rings is 1. The Balaban J connectivity index is 2.24. The van der Waals surface area contributed by atoms with E-state index in [0.717, 1.165) is 32.4 Å². The first kappa shape index (κ1) is 15.5. The Kier molecular flexibility index (Phi) is 5.32. The summed E-state index contributed by atoms with van der Waals surface area (Å²) in [5.74, 6) is 1.36. The van der Waals surface area contributed by atoms with Crippen molar-refractivity contribution >= 4 is 17.3 Å². The fourth-order valence-corrected chi connectivity index (χ4v) is 2.54. The Labute approximate surface area is 124 Å². The smallest absolute Gasteiger partial charge is 0.276 e. The van der Waals surface area contributed by atoms with Gasteiger partial charge >= 0.3 is 0 Å². The standard InChI is InChI=1S/C14H22N4O3/c1-2-5-15-13-7-12(18(20)21)8-14(16-13)17-6-3-4-11(9-17)10-19/h7-8,11,19H,2-6,9-10H2,1H3,(H,15,16). The molecule has 0 bridgehead atoms. The molecule has 1 aromatic rings. The molecule has 2 rings (SSSR count). The summed E-state index contributed by atoms with van der Waals surface area (Å²) < 4.78 is 0. The largest absolute Gasteiger partial charge is 0.396 e. The Morgan fingerprint density at radius 1 is 1.57 bits per heavy atom. The SMILES string of the molecule is CCCNc1cc([N+](=O)[O-])cc(N2CCCC(CO)C2)n1. The van der Waals surface area contributed by atoms with E-state index in [1.54, 1.807) is 0 Å². The summed E-state index contributed by atoms with van der Waals surface area (Å²) in [6, 6.07) is 2.98. The van der Waals surface area contributed by atoms with Gasteiger partial charge in [0, 0.05) is 26.2 Å². The molecular formula is C14H22N4O3. The van der Waals surface area contributed by atoms with Crippen LogP contribution in [0.2, 0.25) is 0 Å². The minimum Gasteiger partial charge on any atom is -0.396 e. The van der Waals surface area contributed by atoms with E-state index in [-0.39, 0.29) is 18.2 Å². The number of nitrogens with zero attached hydrogens (tertiary/aromatic N) is 3. The molecule has 0 aromatic carbocycles. The first-order chi connectivity index (χ1) is 10.1. The summed E-state index contributed by atoms with van der Waals surface area (Å²) in [6.07, 6.45) is 2.88. The Morgan fingerprint density at radius 2 is 2.38 bits per heavy atom. The van der Waals surface area contributed by atoms with Crippen LogP contribution in [0.15, 0.2) is 12.1 Å². The summed E-state index contributed by atoms with van der Waals surface area (Å²) in [5.41, 5.74) is 0.0460. The van der Waals surface area contributed by atoms with Crippen LogP contribution in [-0.4, -0.2) is 41.3 Å². The quantitative estimate of drug-likeness (QED) is 0.616. The van der Waals surface area contributed by atoms with Crippen LogP contribution >= 0.6 is 0 Å². The number of hydrogen-bond acceptors (Lipinski definition) is 6. The van der Waals surface area contributed by atoms with Crippen LogP contribution in [0.3, 0.4) is 0 Å². The number of rotatable bonds is 6. The molecule has 1 fully saturated rings. The maximum atomic E-state index is 11.1. The molecule has 7 nitrogen and oxygen atoms in total. The highest BCUT2D eigenvalue weighted by molar-refractivity contribution is 5.56. The van der Waals surface area contributed by atoms with E-state index in [0.29, 0.717) is 18.2 Å². The predicted octanol–water partition coefficient (Wildman–Crippen LogP) is 2.02. The van der Waals surface area contributed by atoms with Gasteiger partial charge in [0.05, 0.1) is 17.1 Å². The summed E-state index contributed by atoms with van der Waals surface area (Å²) in [4.78, 5) is 17.2. The molecule has 0 spiro atoms. The molecule has 2 N–H and O–H groups in total. The van der Waals surface area contributed by atoms with E-state index >= 15 is 0 Å². The second-order valence-corrected chi connectivity index (χ2v) is 5.39. The second kappa shape index (κ2) is 7.21. The van der Waals surface area contributed by atoms with Gasteiger partial charge in [0.2, 0.25) is 0 Å². The Hall–Kier alpha value is -1.89. The lowest BCUT2D eigenvalue weighted by atomic mass is 9.99. The van der Waals surface area contributed by atoms with E-state index in [1.165, 1.54) is 12.1 Å². The minimum atomic E-state index is -0.393. The number of aliphatic hydroxyl groups is 1. The number of aromatic nitrogens is 1. The van der Waals surface area contributed by atoms with Gasteiger partial charge in [-0.15, -0.1) is 0 Å². The van der Waals surface area contributed by atoms with Crippen LogP contribution in [0, 0.1) is 16.0 Å². The zero-order chi connectivity index (χ0) is 15.2. The zero-order valence-corrected chi connectivity index (χ0v) is 12.3. The molecule has 1 saturated heterocycles. The van der Waals surface area contributed by atoms with Crippen molar-refractivity contribution in [2.75, 3.05) is 36.5 Å². The molecular weight excluding hydrogens is 272 g/mol. The fourth-order valence-electron chi connectivity index (χ4n) is 2.54.